The summed E-state index contributed by atoms with van der Waals surface area (Å²) in [6.07, 6.45) is 1.73. The van der Waals surface area contributed by atoms with E-state index >= 15 is 0 Å². The van der Waals surface area contributed by atoms with Gasteiger partial charge in [0.15, 0.2) is 0 Å². The third kappa shape index (κ3) is 2.08. The summed E-state index contributed by atoms with van der Waals surface area (Å²) in [6.45, 7) is 5.05. The molecule has 16 heavy (non-hydrogen) atoms. The van der Waals surface area contributed by atoms with Crippen molar-refractivity contribution in [1.29, 1.82) is 0 Å². The molecule has 2 N–H and O–H groups in total. The van der Waals surface area contributed by atoms with E-state index in [9.17, 15) is 0 Å². The summed E-state index contributed by atoms with van der Waals surface area (Å²) in [6, 6.07) is 10.3. The second-order valence-corrected chi connectivity index (χ2v) is 4.28. The monoisotopic (exact) mass is 215 g/mol. The lowest BCUT2D eigenvalue weighted by Gasteiger charge is -2.11. The molecule has 0 spiro atoms. The SMILES string of the molecule is CC(C)c1c(N)cnn1Cc1ccccc1. The number of nitrogens with two attached hydrogens (primary N) is 1. The zero-order valence-electron chi connectivity index (χ0n) is 9.72. The first kappa shape index (κ1) is 10.7. The summed E-state index contributed by atoms with van der Waals surface area (Å²) in [5.41, 5.74) is 9.05. The summed E-state index contributed by atoms with van der Waals surface area (Å²) in [5.74, 6) is 0.395. The molecule has 0 unspecified atom stereocenters. The molecular weight excluding hydrogens is 198 g/mol. The van der Waals surface area contributed by atoms with Crippen molar-refractivity contribution >= 4 is 5.69 Å². The summed E-state index contributed by atoms with van der Waals surface area (Å²) >= 11 is 0. The first-order chi connectivity index (χ1) is 7.68. The lowest BCUT2D eigenvalue weighted by atomic mass is 10.1. The molecule has 0 amide bonds. The Kier molecular flexibility index (Phi) is 2.95. The van der Waals surface area contributed by atoms with Crippen molar-refractivity contribution in [3.8, 4) is 0 Å². The van der Waals surface area contributed by atoms with Gasteiger partial charge in [-0.1, -0.05) is 44.2 Å². The number of rotatable bonds is 3. The molecule has 2 rings (SSSR count). The van der Waals surface area contributed by atoms with Crippen molar-refractivity contribution in [3.05, 3.63) is 47.8 Å². The van der Waals surface area contributed by atoms with Gasteiger partial charge in [-0.3, -0.25) is 4.68 Å². The molecule has 0 fully saturated rings. The zero-order valence-corrected chi connectivity index (χ0v) is 9.72. The van der Waals surface area contributed by atoms with Crippen LogP contribution in [0.25, 0.3) is 0 Å². The van der Waals surface area contributed by atoms with E-state index in [1.165, 1.54) is 5.56 Å². The van der Waals surface area contributed by atoms with E-state index in [0.717, 1.165) is 17.9 Å². The van der Waals surface area contributed by atoms with Crippen LogP contribution >= 0.6 is 0 Å². The molecule has 0 radical (unpaired) electrons. The summed E-state index contributed by atoms with van der Waals surface area (Å²) in [4.78, 5) is 0. The molecule has 0 aliphatic heterocycles. The Bertz CT molecular complexity index is 457. The zero-order chi connectivity index (χ0) is 11.5. The number of anilines is 1. The van der Waals surface area contributed by atoms with Crippen LogP contribution in [0.4, 0.5) is 5.69 Å². The van der Waals surface area contributed by atoms with Crippen molar-refractivity contribution in [2.24, 2.45) is 0 Å². The minimum Gasteiger partial charge on any atom is -0.396 e. The predicted octanol–water partition coefficient (Wildman–Crippen LogP) is 2.64. The molecule has 0 saturated heterocycles. The van der Waals surface area contributed by atoms with Crippen molar-refractivity contribution in [3.63, 3.8) is 0 Å². The Morgan fingerprint density at radius 3 is 2.56 bits per heavy atom. The maximum Gasteiger partial charge on any atom is 0.0735 e. The largest absolute Gasteiger partial charge is 0.396 e. The Balaban J connectivity index is 2.29. The van der Waals surface area contributed by atoms with E-state index < -0.39 is 0 Å². The van der Waals surface area contributed by atoms with Crippen LogP contribution in [0.3, 0.4) is 0 Å². The van der Waals surface area contributed by atoms with Crippen molar-refractivity contribution in [2.45, 2.75) is 26.3 Å². The fraction of sp³-hybridized carbons (Fsp3) is 0.308. The Labute approximate surface area is 95.9 Å². The quantitative estimate of drug-likeness (QED) is 0.855. The van der Waals surface area contributed by atoms with Crippen LogP contribution in [-0.2, 0) is 6.54 Å². The van der Waals surface area contributed by atoms with E-state index in [-0.39, 0.29) is 0 Å². The van der Waals surface area contributed by atoms with Crippen molar-refractivity contribution in [2.75, 3.05) is 5.73 Å². The van der Waals surface area contributed by atoms with E-state index in [4.69, 9.17) is 5.73 Å². The van der Waals surface area contributed by atoms with Crippen LogP contribution in [0.2, 0.25) is 0 Å². The third-order valence-corrected chi connectivity index (χ3v) is 2.63. The van der Waals surface area contributed by atoms with Crippen LogP contribution in [0.5, 0.6) is 0 Å². The highest BCUT2D eigenvalue weighted by molar-refractivity contribution is 5.43. The lowest BCUT2D eigenvalue weighted by molar-refractivity contribution is 0.618. The van der Waals surface area contributed by atoms with E-state index in [1.807, 2.05) is 22.9 Å². The van der Waals surface area contributed by atoms with Gasteiger partial charge in [-0.15, -0.1) is 0 Å². The van der Waals surface area contributed by atoms with E-state index in [1.54, 1.807) is 6.20 Å². The van der Waals surface area contributed by atoms with E-state index in [2.05, 4.69) is 31.1 Å². The highest BCUT2D eigenvalue weighted by Gasteiger charge is 2.11. The molecule has 0 aliphatic rings. The molecule has 2 aromatic rings. The molecule has 0 saturated carbocycles. The van der Waals surface area contributed by atoms with Crippen molar-refractivity contribution in [1.82, 2.24) is 9.78 Å². The first-order valence-corrected chi connectivity index (χ1v) is 5.53. The van der Waals surface area contributed by atoms with Gasteiger partial charge >= 0.3 is 0 Å². The van der Waals surface area contributed by atoms with Gasteiger partial charge in [-0.2, -0.15) is 5.10 Å². The fourth-order valence-electron chi connectivity index (χ4n) is 1.92. The molecule has 84 valence electrons. The first-order valence-electron chi connectivity index (χ1n) is 5.53. The standard InChI is InChI=1S/C13H17N3/c1-10(2)13-12(14)8-15-16(13)9-11-6-4-3-5-7-11/h3-8,10H,9,14H2,1-2H3. The second-order valence-electron chi connectivity index (χ2n) is 4.28. The molecule has 1 heterocycles. The van der Waals surface area contributed by atoms with Gasteiger partial charge in [0.25, 0.3) is 0 Å². The van der Waals surface area contributed by atoms with Crippen molar-refractivity contribution < 1.29 is 0 Å². The lowest BCUT2D eigenvalue weighted by Crippen LogP contribution is -2.08. The van der Waals surface area contributed by atoms with Gasteiger partial charge in [0, 0.05) is 0 Å². The van der Waals surface area contributed by atoms with Gasteiger partial charge in [0.1, 0.15) is 0 Å². The number of aromatic nitrogens is 2. The van der Waals surface area contributed by atoms with Gasteiger partial charge in [-0.25, -0.2) is 0 Å². The highest BCUT2D eigenvalue weighted by Crippen LogP contribution is 2.21. The smallest absolute Gasteiger partial charge is 0.0735 e. The number of nitrogens with zero attached hydrogens (tertiary/aromatic N) is 2. The number of hydrogen-bond acceptors (Lipinski definition) is 2. The van der Waals surface area contributed by atoms with Gasteiger partial charge in [0.2, 0.25) is 0 Å². The molecule has 1 aromatic heterocycles. The second kappa shape index (κ2) is 4.39. The average Bonchev–Trinajstić information content (AvgIpc) is 2.61. The van der Waals surface area contributed by atoms with Crippen LogP contribution in [0, 0.1) is 0 Å². The van der Waals surface area contributed by atoms with Crippen LogP contribution in [0.15, 0.2) is 36.5 Å². The number of hydrogen-bond donors (Lipinski definition) is 1. The topological polar surface area (TPSA) is 43.8 Å². The normalized spacial score (nSPS) is 10.9. The Hall–Kier alpha value is -1.77. The molecule has 3 heteroatoms. The summed E-state index contributed by atoms with van der Waals surface area (Å²) in [7, 11) is 0. The van der Waals surface area contributed by atoms with Gasteiger partial charge < -0.3 is 5.73 Å². The minimum atomic E-state index is 0.395. The average molecular weight is 215 g/mol. The maximum absolute atomic E-state index is 5.91. The van der Waals surface area contributed by atoms with Gasteiger partial charge in [0.05, 0.1) is 24.1 Å². The fourth-order valence-corrected chi connectivity index (χ4v) is 1.92. The number of benzene rings is 1. The summed E-state index contributed by atoms with van der Waals surface area (Å²) in [5, 5.41) is 4.32. The molecule has 3 nitrogen and oxygen atoms in total. The Morgan fingerprint density at radius 1 is 1.25 bits per heavy atom. The molecular formula is C13H17N3. The third-order valence-electron chi connectivity index (χ3n) is 2.63. The van der Waals surface area contributed by atoms with Crippen LogP contribution in [0.1, 0.15) is 31.0 Å². The molecule has 0 aliphatic carbocycles. The highest BCUT2D eigenvalue weighted by atomic mass is 15.3. The molecule has 0 bridgehead atoms. The Morgan fingerprint density at radius 2 is 1.94 bits per heavy atom. The number of nitrogen functional groups attached to an aromatic ring is 1. The van der Waals surface area contributed by atoms with E-state index in [0.29, 0.717) is 5.92 Å². The predicted molar refractivity (Wildman–Crippen MR) is 66.3 cm³/mol. The molecule has 0 atom stereocenters. The maximum atomic E-state index is 5.91. The minimum absolute atomic E-state index is 0.395. The molecule has 1 aromatic carbocycles. The summed E-state index contributed by atoms with van der Waals surface area (Å²) < 4.78 is 1.98. The van der Waals surface area contributed by atoms with Crippen LogP contribution in [-0.4, -0.2) is 9.78 Å². The van der Waals surface area contributed by atoms with Gasteiger partial charge in [-0.05, 0) is 11.5 Å². The van der Waals surface area contributed by atoms with Crippen LogP contribution < -0.4 is 5.73 Å².